The van der Waals surface area contributed by atoms with Gasteiger partial charge in [-0.05, 0) is 49.8 Å². The van der Waals surface area contributed by atoms with E-state index < -0.39 is 5.97 Å². The van der Waals surface area contributed by atoms with Crippen LogP contribution < -0.4 is 0 Å². The largest absolute Gasteiger partial charge is 0.481 e. The fraction of sp³-hybridized carbons (Fsp3) is 0.556. The Morgan fingerprint density at radius 3 is 2.65 bits per heavy atom. The second kappa shape index (κ2) is 7.04. The molecule has 1 N–H and O–H groups in total. The van der Waals surface area contributed by atoms with Crippen LogP contribution in [-0.2, 0) is 9.59 Å². The van der Waals surface area contributed by atoms with E-state index in [2.05, 4.69) is 28.1 Å². The zero-order chi connectivity index (χ0) is 16.4. The molecule has 1 aliphatic carbocycles. The SMILES string of the molecule is O=C(O)C1CCCC(C(=O)N2CCCC2c2cccc(Br)c2)C1. The molecule has 1 saturated carbocycles. The van der Waals surface area contributed by atoms with Crippen molar-refractivity contribution in [2.75, 3.05) is 6.54 Å². The number of rotatable bonds is 3. The molecule has 1 aromatic rings. The number of carbonyl (C=O) groups excluding carboxylic acids is 1. The number of likely N-dealkylation sites (tertiary alicyclic amines) is 1. The second-order valence-corrected chi connectivity index (χ2v) is 7.56. The fourth-order valence-electron chi connectivity index (χ4n) is 3.96. The third-order valence-corrected chi connectivity index (χ3v) is 5.64. The molecule has 124 valence electrons. The van der Waals surface area contributed by atoms with Gasteiger partial charge in [0, 0.05) is 16.9 Å². The maximum Gasteiger partial charge on any atom is 0.306 e. The van der Waals surface area contributed by atoms with Gasteiger partial charge in [0.15, 0.2) is 0 Å². The second-order valence-electron chi connectivity index (χ2n) is 6.64. The molecule has 1 amide bonds. The van der Waals surface area contributed by atoms with Gasteiger partial charge in [-0.25, -0.2) is 0 Å². The Labute approximate surface area is 145 Å². The Balaban J connectivity index is 1.74. The van der Waals surface area contributed by atoms with Gasteiger partial charge in [0.1, 0.15) is 0 Å². The van der Waals surface area contributed by atoms with Crippen molar-refractivity contribution in [1.82, 2.24) is 4.90 Å². The van der Waals surface area contributed by atoms with Crippen LogP contribution in [-0.4, -0.2) is 28.4 Å². The van der Waals surface area contributed by atoms with Crippen molar-refractivity contribution in [2.24, 2.45) is 11.8 Å². The molecule has 1 heterocycles. The molecule has 1 saturated heterocycles. The maximum absolute atomic E-state index is 13.0. The first-order valence-corrected chi connectivity index (χ1v) is 9.14. The number of carbonyl (C=O) groups is 2. The highest BCUT2D eigenvalue weighted by Crippen LogP contribution is 2.37. The van der Waals surface area contributed by atoms with Gasteiger partial charge in [-0.2, -0.15) is 0 Å². The minimum atomic E-state index is -0.757. The summed E-state index contributed by atoms with van der Waals surface area (Å²) in [4.78, 5) is 26.2. The molecule has 5 heteroatoms. The van der Waals surface area contributed by atoms with Crippen LogP contribution in [0.3, 0.4) is 0 Å². The van der Waals surface area contributed by atoms with E-state index in [1.807, 2.05) is 17.0 Å². The number of amides is 1. The lowest BCUT2D eigenvalue weighted by molar-refractivity contribution is -0.145. The first-order chi connectivity index (χ1) is 11.1. The van der Waals surface area contributed by atoms with Crippen molar-refractivity contribution in [2.45, 2.75) is 44.6 Å². The van der Waals surface area contributed by atoms with Gasteiger partial charge in [0.05, 0.1) is 12.0 Å². The summed E-state index contributed by atoms with van der Waals surface area (Å²) in [6.07, 6.45) is 4.85. The average molecular weight is 380 g/mol. The van der Waals surface area contributed by atoms with Gasteiger partial charge in [0.2, 0.25) is 5.91 Å². The third-order valence-electron chi connectivity index (χ3n) is 5.14. The smallest absolute Gasteiger partial charge is 0.306 e. The quantitative estimate of drug-likeness (QED) is 0.862. The molecular formula is C18H22BrNO3. The Hall–Kier alpha value is -1.36. The van der Waals surface area contributed by atoms with Crippen LogP contribution in [0.2, 0.25) is 0 Å². The maximum atomic E-state index is 13.0. The summed E-state index contributed by atoms with van der Waals surface area (Å²) < 4.78 is 1.03. The van der Waals surface area contributed by atoms with Crippen LogP contribution in [0.15, 0.2) is 28.7 Å². The highest BCUT2D eigenvalue weighted by atomic mass is 79.9. The van der Waals surface area contributed by atoms with Crippen molar-refractivity contribution in [3.63, 3.8) is 0 Å². The van der Waals surface area contributed by atoms with Crippen LogP contribution in [0.4, 0.5) is 0 Å². The first-order valence-electron chi connectivity index (χ1n) is 8.35. The lowest BCUT2D eigenvalue weighted by Gasteiger charge is -2.32. The van der Waals surface area contributed by atoms with E-state index in [1.165, 1.54) is 0 Å². The van der Waals surface area contributed by atoms with Crippen molar-refractivity contribution in [3.8, 4) is 0 Å². The van der Waals surface area contributed by atoms with Crippen LogP contribution in [0.25, 0.3) is 0 Å². The zero-order valence-corrected chi connectivity index (χ0v) is 14.7. The molecule has 1 aliphatic heterocycles. The molecule has 2 aliphatic rings. The summed E-state index contributed by atoms with van der Waals surface area (Å²) in [5.74, 6) is -1.09. The predicted molar refractivity (Wildman–Crippen MR) is 90.9 cm³/mol. The number of hydrogen-bond acceptors (Lipinski definition) is 2. The van der Waals surface area contributed by atoms with Crippen LogP contribution in [0, 0.1) is 11.8 Å². The minimum Gasteiger partial charge on any atom is -0.481 e. The molecule has 2 fully saturated rings. The normalized spacial score (nSPS) is 27.9. The Kier molecular flexibility index (Phi) is 5.05. The lowest BCUT2D eigenvalue weighted by Crippen LogP contribution is -2.38. The van der Waals surface area contributed by atoms with Gasteiger partial charge >= 0.3 is 5.97 Å². The molecule has 3 unspecified atom stereocenters. The Morgan fingerprint density at radius 2 is 1.91 bits per heavy atom. The number of halogens is 1. The minimum absolute atomic E-state index is 0.127. The lowest BCUT2D eigenvalue weighted by atomic mass is 9.80. The molecule has 23 heavy (non-hydrogen) atoms. The molecule has 0 bridgehead atoms. The molecule has 3 atom stereocenters. The summed E-state index contributed by atoms with van der Waals surface area (Å²) in [5, 5.41) is 9.23. The summed E-state index contributed by atoms with van der Waals surface area (Å²) in [5.41, 5.74) is 1.16. The van der Waals surface area contributed by atoms with Crippen molar-refractivity contribution in [3.05, 3.63) is 34.3 Å². The molecule has 0 aromatic heterocycles. The average Bonchev–Trinajstić information content (AvgIpc) is 3.04. The van der Waals surface area contributed by atoms with E-state index >= 15 is 0 Å². The molecular weight excluding hydrogens is 358 g/mol. The van der Waals surface area contributed by atoms with Gasteiger partial charge in [0.25, 0.3) is 0 Å². The number of hydrogen-bond donors (Lipinski definition) is 1. The van der Waals surface area contributed by atoms with E-state index in [-0.39, 0.29) is 23.8 Å². The molecule has 0 radical (unpaired) electrons. The van der Waals surface area contributed by atoms with E-state index in [9.17, 15) is 14.7 Å². The van der Waals surface area contributed by atoms with Gasteiger partial charge in [-0.15, -0.1) is 0 Å². The molecule has 0 spiro atoms. The van der Waals surface area contributed by atoms with Crippen molar-refractivity contribution in [1.29, 1.82) is 0 Å². The van der Waals surface area contributed by atoms with Crippen molar-refractivity contribution < 1.29 is 14.7 Å². The summed E-state index contributed by atoms with van der Waals surface area (Å²) >= 11 is 3.50. The Morgan fingerprint density at radius 1 is 1.13 bits per heavy atom. The number of aliphatic carboxylic acids is 1. The number of benzene rings is 1. The summed E-state index contributed by atoms with van der Waals surface area (Å²) in [6, 6.07) is 8.27. The third kappa shape index (κ3) is 3.60. The Bertz CT molecular complexity index is 604. The van der Waals surface area contributed by atoms with E-state index in [1.54, 1.807) is 0 Å². The molecule has 3 rings (SSSR count). The fourth-order valence-corrected chi connectivity index (χ4v) is 4.38. The first kappa shape index (κ1) is 16.5. The van der Waals surface area contributed by atoms with E-state index in [0.717, 1.165) is 42.3 Å². The van der Waals surface area contributed by atoms with E-state index in [4.69, 9.17) is 0 Å². The number of nitrogens with zero attached hydrogens (tertiary/aromatic N) is 1. The molecule has 1 aromatic carbocycles. The zero-order valence-electron chi connectivity index (χ0n) is 13.1. The van der Waals surface area contributed by atoms with Crippen LogP contribution >= 0.6 is 15.9 Å². The van der Waals surface area contributed by atoms with Crippen LogP contribution in [0.5, 0.6) is 0 Å². The standard InChI is InChI=1S/C18H22BrNO3/c19-15-7-2-4-12(11-15)16-8-3-9-20(16)17(21)13-5-1-6-14(10-13)18(22)23/h2,4,7,11,13-14,16H,1,3,5-6,8-10H2,(H,22,23). The number of carboxylic acids is 1. The summed E-state index contributed by atoms with van der Waals surface area (Å²) in [6.45, 7) is 0.782. The van der Waals surface area contributed by atoms with E-state index in [0.29, 0.717) is 12.8 Å². The summed E-state index contributed by atoms with van der Waals surface area (Å²) in [7, 11) is 0. The topological polar surface area (TPSA) is 57.6 Å². The predicted octanol–water partition coefficient (Wildman–Crippen LogP) is 4.00. The van der Waals surface area contributed by atoms with Gasteiger partial charge in [-0.3, -0.25) is 9.59 Å². The highest BCUT2D eigenvalue weighted by Gasteiger charge is 2.37. The monoisotopic (exact) mass is 379 g/mol. The number of carboxylic acid groups (broad SMARTS) is 1. The van der Waals surface area contributed by atoms with Gasteiger partial charge < -0.3 is 10.0 Å². The van der Waals surface area contributed by atoms with Gasteiger partial charge in [-0.1, -0.05) is 34.5 Å². The van der Waals surface area contributed by atoms with Crippen LogP contribution in [0.1, 0.15) is 50.1 Å². The molecule has 4 nitrogen and oxygen atoms in total. The van der Waals surface area contributed by atoms with Crippen molar-refractivity contribution >= 4 is 27.8 Å². The highest BCUT2D eigenvalue weighted by molar-refractivity contribution is 9.10.